The Balaban J connectivity index is 0.000000156. The molecule has 6 heteroatoms. The number of nitrogens with zero attached hydrogens (tertiary/aromatic N) is 2. The van der Waals surface area contributed by atoms with Crippen molar-refractivity contribution in [2.24, 2.45) is 29.6 Å². The van der Waals surface area contributed by atoms with E-state index in [2.05, 4.69) is 40.1 Å². The zero-order chi connectivity index (χ0) is 36.1. The van der Waals surface area contributed by atoms with Crippen LogP contribution in [-0.4, -0.2) is 72.3 Å². The van der Waals surface area contributed by atoms with Gasteiger partial charge in [-0.1, -0.05) is 55.7 Å². The molecule has 0 spiro atoms. The van der Waals surface area contributed by atoms with Crippen molar-refractivity contribution in [3.63, 3.8) is 0 Å². The lowest BCUT2D eigenvalue weighted by Gasteiger charge is -2.32. The van der Waals surface area contributed by atoms with Crippen LogP contribution >= 0.6 is 0 Å². The summed E-state index contributed by atoms with van der Waals surface area (Å²) in [6, 6.07) is 23.6. The first-order chi connectivity index (χ1) is 26.0. The summed E-state index contributed by atoms with van der Waals surface area (Å²) in [7, 11) is 0. The zero-order valence-corrected chi connectivity index (χ0v) is 31.5. The highest BCUT2D eigenvalue weighted by Crippen LogP contribution is 2.35. The number of carbonyl (C=O) groups is 2. The molecule has 4 aromatic rings. The summed E-state index contributed by atoms with van der Waals surface area (Å²) in [5.74, 6) is 4.57. The van der Waals surface area contributed by atoms with E-state index in [4.69, 9.17) is 4.74 Å². The molecule has 0 radical (unpaired) electrons. The van der Waals surface area contributed by atoms with Gasteiger partial charge in [-0.05, 0) is 142 Å². The molecule has 6 nitrogen and oxygen atoms in total. The molecule has 53 heavy (non-hydrogen) atoms. The maximum atomic E-state index is 13.2. The number of phenolic OH excluding ortho intramolecular Hbond substituents is 1. The Morgan fingerprint density at radius 3 is 1.72 bits per heavy atom. The number of ether oxygens (including phenoxy) is 1. The van der Waals surface area contributed by atoms with Crippen molar-refractivity contribution in [3.05, 3.63) is 83.9 Å². The largest absolute Gasteiger partial charge is 0.507 e. The Kier molecular flexibility index (Phi) is 11.4. The van der Waals surface area contributed by atoms with Crippen LogP contribution in [-0.2, 0) is 0 Å². The van der Waals surface area contributed by atoms with Gasteiger partial charge >= 0.3 is 0 Å². The molecule has 2 aliphatic heterocycles. The van der Waals surface area contributed by atoms with Crippen LogP contribution in [0.5, 0.6) is 11.5 Å². The topological polar surface area (TPSA) is 70.1 Å². The molecule has 4 aromatic carbocycles. The first-order valence-electron chi connectivity index (χ1n) is 20.9. The lowest BCUT2D eigenvalue weighted by Crippen LogP contribution is -2.39. The summed E-state index contributed by atoms with van der Waals surface area (Å²) < 4.78 is 6.24. The number of likely N-dealkylation sites (tertiary alicyclic amines) is 2. The molecule has 2 heterocycles. The predicted octanol–water partition coefficient (Wildman–Crippen LogP) is 9.95. The zero-order valence-electron chi connectivity index (χ0n) is 31.5. The third-order valence-electron chi connectivity index (χ3n) is 12.6. The molecule has 3 saturated carbocycles. The first-order valence-corrected chi connectivity index (χ1v) is 20.9. The van der Waals surface area contributed by atoms with Gasteiger partial charge in [0.2, 0.25) is 0 Å². The summed E-state index contributed by atoms with van der Waals surface area (Å²) in [6.07, 6.45) is 16.4. The molecule has 1 N–H and O–H groups in total. The monoisotopic (exact) mass is 714 g/mol. The van der Waals surface area contributed by atoms with E-state index in [1.807, 2.05) is 36.4 Å². The Labute approximate surface area is 315 Å². The molecule has 2 saturated heterocycles. The van der Waals surface area contributed by atoms with Crippen LogP contribution in [0, 0.1) is 29.6 Å². The van der Waals surface area contributed by atoms with Crippen molar-refractivity contribution in [3.8, 4) is 11.5 Å². The molecule has 9 rings (SSSR count). The highest BCUT2D eigenvalue weighted by atomic mass is 16.5. The number of ketones is 2. The Morgan fingerprint density at radius 1 is 0.585 bits per heavy atom. The molecule has 280 valence electrons. The van der Waals surface area contributed by atoms with Crippen molar-refractivity contribution in [1.29, 1.82) is 0 Å². The number of hydrogen-bond acceptors (Lipinski definition) is 6. The number of benzene rings is 4. The molecule has 0 amide bonds. The molecule has 5 aliphatic rings. The number of piperidine rings is 2. The second-order valence-corrected chi connectivity index (χ2v) is 17.0. The average molecular weight is 715 g/mol. The molecular formula is C47H58N2O4. The van der Waals surface area contributed by atoms with Crippen molar-refractivity contribution >= 4 is 33.1 Å². The van der Waals surface area contributed by atoms with Crippen molar-refractivity contribution in [1.82, 2.24) is 9.80 Å². The molecule has 5 fully saturated rings. The van der Waals surface area contributed by atoms with Gasteiger partial charge in [-0.3, -0.25) is 9.59 Å². The van der Waals surface area contributed by atoms with Gasteiger partial charge in [-0.25, -0.2) is 0 Å². The molecular weight excluding hydrogens is 657 g/mol. The molecule has 0 aromatic heterocycles. The van der Waals surface area contributed by atoms with Crippen LogP contribution in [0.15, 0.2) is 72.8 Å². The van der Waals surface area contributed by atoms with Gasteiger partial charge in [0, 0.05) is 59.9 Å². The minimum atomic E-state index is 0.122. The van der Waals surface area contributed by atoms with Crippen LogP contribution in [0.1, 0.15) is 104 Å². The van der Waals surface area contributed by atoms with Gasteiger partial charge < -0.3 is 19.6 Å². The Morgan fingerprint density at radius 2 is 1.13 bits per heavy atom. The highest BCUT2D eigenvalue weighted by molar-refractivity contribution is 6.03. The minimum absolute atomic E-state index is 0.122. The second kappa shape index (κ2) is 16.7. The predicted molar refractivity (Wildman–Crippen MR) is 214 cm³/mol. The van der Waals surface area contributed by atoms with E-state index in [0.717, 1.165) is 102 Å². The van der Waals surface area contributed by atoms with E-state index in [9.17, 15) is 14.7 Å². The summed E-state index contributed by atoms with van der Waals surface area (Å²) in [5, 5.41) is 13.9. The first kappa shape index (κ1) is 36.2. The quantitative estimate of drug-likeness (QED) is 0.156. The number of fused-ring (bicyclic) bond motifs is 2. The lowest BCUT2D eigenvalue weighted by molar-refractivity contribution is 0.0808. The fourth-order valence-corrected chi connectivity index (χ4v) is 9.19. The number of carbonyl (C=O) groups excluding carboxylic acids is 2. The minimum Gasteiger partial charge on any atom is -0.507 e. The van der Waals surface area contributed by atoms with Gasteiger partial charge in [0.1, 0.15) is 11.5 Å². The van der Waals surface area contributed by atoms with E-state index in [-0.39, 0.29) is 23.4 Å². The summed E-state index contributed by atoms with van der Waals surface area (Å²) in [5.41, 5.74) is 1.64. The van der Waals surface area contributed by atoms with Crippen LogP contribution < -0.4 is 4.74 Å². The van der Waals surface area contributed by atoms with Crippen LogP contribution in [0.2, 0.25) is 0 Å². The molecule has 2 unspecified atom stereocenters. The van der Waals surface area contributed by atoms with E-state index in [0.29, 0.717) is 11.7 Å². The number of hydrogen-bond donors (Lipinski definition) is 1. The number of phenols is 1. The molecule has 0 bridgehead atoms. The second-order valence-electron chi connectivity index (χ2n) is 17.0. The van der Waals surface area contributed by atoms with Crippen LogP contribution in [0.4, 0.5) is 0 Å². The lowest BCUT2D eigenvalue weighted by atomic mass is 9.89. The van der Waals surface area contributed by atoms with Gasteiger partial charge in [-0.2, -0.15) is 0 Å². The summed E-state index contributed by atoms with van der Waals surface area (Å²) in [4.78, 5) is 31.1. The molecule has 2 atom stereocenters. The number of aromatic hydroxyl groups is 1. The van der Waals surface area contributed by atoms with Gasteiger partial charge in [-0.15, -0.1) is 0 Å². The van der Waals surface area contributed by atoms with E-state index >= 15 is 0 Å². The fourth-order valence-electron chi connectivity index (χ4n) is 9.19. The van der Waals surface area contributed by atoms with Crippen molar-refractivity contribution in [2.45, 2.75) is 83.5 Å². The maximum absolute atomic E-state index is 13.2. The van der Waals surface area contributed by atoms with Crippen LogP contribution in [0.25, 0.3) is 21.5 Å². The van der Waals surface area contributed by atoms with Gasteiger partial charge in [0.15, 0.2) is 11.6 Å². The maximum Gasteiger partial charge on any atom is 0.167 e. The van der Waals surface area contributed by atoms with E-state index < -0.39 is 0 Å². The molecule has 3 aliphatic carbocycles. The Bertz CT molecular complexity index is 1890. The van der Waals surface area contributed by atoms with Crippen molar-refractivity contribution < 1.29 is 19.4 Å². The highest BCUT2D eigenvalue weighted by Gasteiger charge is 2.32. The average Bonchev–Trinajstić information content (AvgIpc) is 4.15. The normalized spacial score (nSPS) is 23.0. The summed E-state index contributed by atoms with van der Waals surface area (Å²) in [6.45, 7) is 7.36. The van der Waals surface area contributed by atoms with Crippen LogP contribution in [0.3, 0.4) is 0 Å². The van der Waals surface area contributed by atoms with Gasteiger partial charge in [0.05, 0.1) is 6.61 Å². The standard InChI is InChI=1S/C27H35NO2.C20H23NO2/c29-27(24-9-5-15-28(18-24)17-20-11-12-20)23-13-14-25-22(16-23)8-4-10-26(25)30-19-21-6-2-1-3-7-21;22-19-5-1-3-15-11-16(8-9-18(15)19)20(23)17-4-2-10-21(13-17)12-14-6-7-14/h4,8,10,13-14,16,20-21,24H,1-3,5-7,9,11-12,15,17-19H2;1,3,5,8-9,11,14,17,22H,2,4,6-7,10,12-13H2. The smallest absolute Gasteiger partial charge is 0.167 e. The van der Waals surface area contributed by atoms with Crippen molar-refractivity contribution in [2.75, 3.05) is 45.9 Å². The number of Topliss-reactive ketones (excluding diaryl/α,β-unsaturated/α-hetero) is 2. The number of rotatable bonds is 11. The summed E-state index contributed by atoms with van der Waals surface area (Å²) >= 11 is 0. The van der Waals surface area contributed by atoms with E-state index in [1.165, 1.54) is 77.4 Å². The third-order valence-corrected chi connectivity index (χ3v) is 12.6. The fraction of sp³-hybridized carbons (Fsp3) is 0.532. The third kappa shape index (κ3) is 9.32. The van der Waals surface area contributed by atoms with E-state index in [1.54, 1.807) is 6.07 Å². The SMILES string of the molecule is O=C(c1ccc2c(O)cccc2c1)C1CCCN(CC2CC2)C1.O=C(c1ccc2c(OCC3CCCCC3)cccc2c1)C1CCCN(CC2CC2)C1. The van der Waals surface area contributed by atoms with Gasteiger partial charge in [0.25, 0.3) is 0 Å². The Hall–Kier alpha value is -3.74.